The third kappa shape index (κ3) is 3.82. The molecule has 0 aliphatic heterocycles. The van der Waals surface area contributed by atoms with E-state index in [9.17, 15) is 4.79 Å². The maximum Gasteiger partial charge on any atom is 0.229 e. The summed E-state index contributed by atoms with van der Waals surface area (Å²) >= 11 is 5.25. The van der Waals surface area contributed by atoms with Crippen molar-refractivity contribution in [3.63, 3.8) is 0 Å². The third-order valence-corrected chi connectivity index (χ3v) is 5.41. The molecule has 0 fully saturated rings. The highest BCUT2D eigenvalue weighted by Gasteiger charge is 2.29. The molecule has 1 atom stereocenters. The Labute approximate surface area is 128 Å². The van der Waals surface area contributed by atoms with Crippen molar-refractivity contribution in [2.75, 3.05) is 18.9 Å². The van der Waals surface area contributed by atoms with Crippen molar-refractivity contribution in [1.82, 2.24) is 4.90 Å². The molecule has 1 aliphatic carbocycles. The monoisotopic (exact) mass is 343 g/mol. The molecule has 2 nitrogen and oxygen atoms in total. The van der Waals surface area contributed by atoms with Crippen molar-refractivity contribution in [3.8, 4) is 0 Å². The van der Waals surface area contributed by atoms with Gasteiger partial charge in [-0.1, -0.05) is 22.4 Å². The van der Waals surface area contributed by atoms with E-state index in [1.54, 1.807) is 11.3 Å². The molecule has 0 aromatic carbocycles. The quantitative estimate of drug-likeness (QED) is 0.560. The Bertz CT molecular complexity index is 418. The number of hydrogen-bond acceptors (Lipinski definition) is 2. The van der Waals surface area contributed by atoms with E-state index in [4.69, 9.17) is 0 Å². The summed E-state index contributed by atoms with van der Waals surface area (Å²) in [6.07, 6.45) is 6.83. The van der Waals surface area contributed by atoms with Gasteiger partial charge in [0.1, 0.15) is 0 Å². The van der Waals surface area contributed by atoms with Gasteiger partial charge in [-0.3, -0.25) is 4.79 Å². The molecule has 2 rings (SSSR count). The van der Waals surface area contributed by atoms with E-state index in [0.717, 1.165) is 37.6 Å². The lowest BCUT2D eigenvalue weighted by Gasteiger charge is -2.27. The van der Waals surface area contributed by atoms with Crippen LogP contribution < -0.4 is 0 Å². The number of alkyl halides is 1. The van der Waals surface area contributed by atoms with Crippen LogP contribution in [-0.2, 0) is 11.2 Å². The van der Waals surface area contributed by atoms with Crippen LogP contribution in [0.2, 0.25) is 0 Å². The number of aryl methyl sites for hydroxylation is 1. The summed E-state index contributed by atoms with van der Waals surface area (Å²) in [7, 11) is 1.96. The molecule has 0 saturated carbocycles. The van der Waals surface area contributed by atoms with E-state index in [0.29, 0.717) is 5.91 Å². The number of rotatable bonds is 6. The molecule has 0 saturated heterocycles. The summed E-state index contributed by atoms with van der Waals surface area (Å²) in [6, 6.07) is 2.15. The minimum Gasteiger partial charge on any atom is -0.345 e. The summed E-state index contributed by atoms with van der Waals surface area (Å²) in [5, 5.41) is 3.19. The molecular formula is C15H22BrNOS. The van der Waals surface area contributed by atoms with E-state index in [2.05, 4.69) is 27.4 Å². The zero-order valence-electron chi connectivity index (χ0n) is 11.5. The van der Waals surface area contributed by atoms with Gasteiger partial charge in [-0.15, -0.1) is 11.3 Å². The Morgan fingerprint density at radius 2 is 2.32 bits per heavy atom. The first-order valence-corrected chi connectivity index (χ1v) is 9.11. The van der Waals surface area contributed by atoms with Crippen molar-refractivity contribution in [3.05, 3.63) is 21.9 Å². The van der Waals surface area contributed by atoms with Gasteiger partial charge in [-0.05, 0) is 49.1 Å². The fraction of sp³-hybridized carbons (Fsp3) is 0.667. The standard InChI is InChI=1S/C15H22BrNOS/c1-17(10-4-2-3-9-16)15(18)13-6-5-7-14-12(13)8-11-19-14/h8,11,13H,2-7,9-10H2,1H3. The van der Waals surface area contributed by atoms with E-state index in [-0.39, 0.29) is 5.92 Å². The van der Waals surface area contributed by atoms with Crippen LogP contribution in [0.1, 0.15) is 48.5 Å². The summed E-state index contributed by atoms with van der Waals surface area (Å²) in [6.45, 7) is 0.891. The number of fused-ring (bicyclic) bond motifs is 1. The maximum absolute atomic E-state index is 12.5. The predicted molar refractivity (Wildman–Crippen MR) is 85.3 cm³/mol. The first-order chi connectivity index (χ1) is 9.24. The number of likely N-dealkylation sites (N-methyl/N-ethyl adjacent to an activating group) is 1. The van der Waals surface area contributed by atoms with Crippen LogP contribution in [0, 0.1) is 0 Å². The molecule has 0 radical (unpaired) electrons. The Morgan fingerprint density at radius 1 is 1.47 bits per heavy atom. The zero-order chi connectivity index (χ0) is 13.7. The van der Waals surface area contributed by atoms with E-state index < -0.39 is 0 Å². The number of halogens is 1. The second-order valence-corrected chi connectivity index (χ2v) is 7.05. The number of amides is 1. The molecule has 1 unspecified atom stereocenters. The third-order valence-electron chi connectivity index (χ3n) is 3.85. The Balaban J connectivity index is 1.90. The van der Waals surface area contributed by atoms with Gasteiger partial charge in [0, 0.05) is 23.8 Å². The van der Waals surface area contributed by atoms with Crippen molar-refractivity contribution in [2.45, 2.75) is 44.4 Å². The SMILES string of the molecule is CN(CCCCCBr)C(=O)C1CCCc2sccc21. The lowest BCUT2D eigenvalue weighted by Crippen LogP contribution is -2.33. The van der Waals surface area contributed by atoms with Gasteiger partial charge in [0.2, 0.25) is 5.91 Å². The van der Waals surface area contributed by atoms with Gasteiger partial charge in [0.25, 0.3) is 0 Å². The van der Waals surface area contributed by atoms with Gasteiger partial charge in [-0.2, -0.15) is 0 Å². The molecule has 0 bridgehead atoms. The highest BCUT2D eigenvalue weighted by molar-refractivity contribution is 9.09. The second kappa shape index (κ2) is 7.44. The smallest absolute Gasteiger partial charge is 0.229 e. The van der Waals surface area contributed by atoms with Crippen molar-refractivity contribution < 1.29 is 4.79 Å². The van der Waals surface area contributed by atoms with Crippen LogP contribution in [0.25, 0.3) is 0 Å². The number of carbonyl (C=O) groups excluding carboxylic acids is 1. The molecule has 4 heteroatoms. The lowest BCUT2D eigenvalue weighted by atomic mass is 9.87. The fourth-order valence-electron chi connectivity index (χ4n) is 2.74. The van der Waals surface area contributed by atoms with Crippen LogP contribution in [-0.4, -0.2) is 29.7 Å². The largest absolute Gasteiger partial charge is 0.345 e. The highest BCUT2D eigenvalue weighted by atomic mass is 79.9. The summed E-state index contributed by atoms with van der Waals surface area (Å²) in [4.78, 5) is 15.9. The average Bonchev–Trinajstić information content (AvgIpc) is 2.90. The second-order valence-electron chi connectivity index (χ2n) is 5.25. The number of hydrogen-bond donors (Lipinski definition) is 0. The normalized spacial score (nSPS) is 18.1. The number of carbonyl (C=O) groups is 1. The molecule has 1 aliphatic rings. The predicted octanol–water partition coefficient (Wildman–Crippen LogP) is 4.19. The van der Waals surface area contributed by atoms with Gasteiger partial charge in [0.15, 0.2) is 0 Å². The Morgan fingerprint density at radius 3 is 3.11 bits per heavy atom. The maximum atomic E-state index is 12.5. The molecule has 0 spiro atoms. The van der Waals surface area contributed by atoms with Crippen LogP contribution in [0.5, 0.6) is 0 Å². The number of thiophene rings is 1. The highest BCUT2D eigenvalue weighted by Crippen LogP contribution is 2.35. The first-order valence-electron chi connectivity index (χ1n) is 7.11. The van der Waals surface area contributed by atoms with Crippen LogP contribution >= 0.6 is 27.3 Å². The fourth-order valence-corrected chi connectivity index (χ4v) is 4.12. The number of nitrogens with zero attached hydrogens (tertiary/aromatic N) is 1. The van der Waals surface area contributed by atoms with Gasteiger partial charge in [-0.25, -0.2) is 0 Å². The molecule has 1 amide bonds. The minimum atomic E-state index is 0.121. The van der Waals surface area contributed by atoms with Crippen LogP contribution in [0.3, 0.4) is 0 Å². The topological polar surface area (TPSA) is 20.3 Å². The molecule has 0 N–H and O–H groups in total. The number of unbranched alkanes of at least 4 members (excludes halogenated alkanes) is 2. The minimum absolute atomic E-state index is 0.121. The van der Waals surface area contributed by atoms with Crippen molar-refractivity contribution in [1.29, 1.82) is 0 Å². The van der Waals surface area contributed by atoms with Crippen LogP contribution in [0.15, 0.2) is 11.4 Å². The molecule has 19 heavy (non-hydrogen) atoms. The summed E-state index contributed by atoms with van der Waals surface area (Å²) < 4.78 is 0. The molecule has 1 aromatic heterocycles. The summed E-state index contributed by atoms with van der Waals surface area (Å²) in [5.41, 5.74) is 1.30. The van der Waals surface area contributed by atoms with Crippen LogP contribution in [0.4, 0.5) is 0 Å². The van der Waals surface area contributed by atoms with E-state index >= 15 is 0 Å². The molecule has 1 aromatic rings. The van der Waals surface area contributed by atoms with Gasteiger partial charge >= 0.3 is 0 Å². The van der Waals surface area contributed by atoms with E-state index in [1.165, 1.54) is 23.3 Å². The Hall–Kier alpha value is -0.350. The summed E-state index contributed by atoms with van der Waals surface area (Å²) in [5.74, 6) is 0.439. The Kier molecular flexibility index (Phi) is 5.89. The lowest BCUT2D eigenvalue weighted by molar-refractivity contribution is -0.131. The molecular weight excluding hydrogens is 322 g/mol. The van der Waals surface area contributed by atoms with E-state index in [1.807, 2.05) is 11.9 Å². The molecule has 1 heterocycles. The van der Waals surface area contributed by atoms with Gasteiger partial charge in [0.05, 0.1) is 5.92 Å². The van der Waals surface area contributed by atoms with Crippen molar-refractivity contribution >= 4 is 33.2 Å². The van der Waals surface area contributed by atoms with Crippen molar-refractivity contribution in [2.24, 2.45) is 0 Å². The average molecular weight is 344 g/mol. The first kappa shape index (κ1) is 15.0. The molecule has 106 valence electrons. The zero-order valence-corrected chi connectivity index (χ0v) is 13.9. The van der Waals surface area contributed by atoms with Gasteiger partial charge < -0.3 is 4.90 Å².